The lowest BCUT2D eigenvalue weighted by Crippen LogP contribution is -2.48. The quantitative estimate of drug-likeness (QED) is 0.813. The van der Waals surface area contributed by atoms with Gasteiger partial charge in [-0.05, 0) is 12.1 Å². The van der Waals surface area contributed by atoms with Gasteiger partial charge >= 0.3 is 6.09 Å². The molecular weight excluding hydrogens is 220 g/mol. The molecule has 1 aromatic rings. The predicted molar refractivity (Wildman–Crippen MR) is 63.1 cm³/mol. The van der Waals surface area contributed by atoms with Crippen molar-refractivity contribution in [2.75, 3.05) is 26.3 Å². The highest BCUT2D eigenvalue weighted by atomic mass is 16.6. The molecule has 0 aromatic heterocycles. The summed E-state index contributed by atoms with van der Waals surface area (Å²) >= 11 is 0. The molecule has 1 aliphatic rings. The largest absolute Gasteiger partial charge is 0.412 e. The van der Waals surface area contributed by atoms with Crippen molar-refractivity contribution in [2.45, 2.75) is 6.04 Å². The van der Waals surface area contributed by atoms with Crippen molar-refractivity contribution in [3.8, 4) is 5.75 Å². The molecule has 1 aliphatic heterocycles. The summed E-state index contributed by atoms with van der Waals surface area (Å²) in [7, 11) is 0. The smallest absolute Gasteiger partial charge is 0.410 e. The number of nitrogens with one attached hydrogen (secondary N) is 2. The van der Waals surface area contributed by atoms with Crippen LogP contribution in [0.3, 0.4) is 0 Å². The van der Waals surface area contributed by atoms with Gasteiger partial charge in [-0.2, -0.15) is 0 Å². The van der Waals surface area contributed by atoms with E-state index in [0.29, 0.717) is 18.9 Å². The molecular formula is C12H16N2O3. The van der Waals surface area contributed by atoms with E-state index in [0.717, 1.165) is 13.2 Å². The van der Waals surface area contributed by atoms with Crippen LogP contribution >= 0.6 is 0 Å². The van der Waals surface area contributed by atoms with Gasteiger partial charge in [-0.1, -0.05) is 18.2 Å². The van der Waals surface area contributed by atoms with Gasteiger partial charge in [0.15, 0.2) is 0 Å². The normalized spacial score (nSPS) is 19.6. The zero-order chi connectivity index (χ0) is 11.9. The average Bonchev–Trinajstić information content (AvgIpc) is 2.39. The molecule has 1 unspecified atom stereocenters. The predicted octanol–water partition coefficient (Wildman–Crippen LogP) is 0.763. The standard InChI is InChI=1S/C12H16N2O3/c15-12(17-11-4-2-1-3-5-11)14-8-10-9-16-7-6-13-10/h1-5,10,13H,6-9H2,(H,14,15). The van der Waals surface area contributed by atoms with Gasteiger partial charge in [0.05, 0.1) is 13.2 Å². The van der Waals surface area contributed by atoms with E-state index in [2.05, 4.69) is 10.6 Å². The van der Waals surface area contributed by atoms with E-state index in [4.69, 9.17) is 9.47 Å². The number of rotatable bonds is 3. The van der Waals surface area contributed by atoms with Crippen LogP contribution in [0.25, 0.3) is 0 Å². The van der Waals surface area contributed by atoms with Gasteiger partial charge in [0, 0.05) is 19.1 Å². The Balaban J connectivity index is 1.70. The Morgan fingerprint density at radius 3 is 3.00 bits per heavy atom. The number of carbonyl (C=O) groups is 1. The topological polar surface area (TPSA) is 59.6 Å². The summed E-state index contributed by atoms with van der Waals surface area (Å²) in [4.78, 5) is 11.5. The lowest BCUT2D eigenvalue weighted by Gasteiger charge is -2.23. The first kappa shape index (κ1) is 11.9. The maximum atomic E-state index is 11.5. The zero-order valence-corrected chi connectivity index (χ0v) is 9.52. The minimum atomic E-state index is -0.441. The minimum absolute atomic E-state index is 0.159. The van der Waals surface area contributed by atoms with Crippen LogP contribution in [0.2, 0.25) is 0 Å². The van der Waals surface area contributed by atoms with Gasteiger partial charge in [-0.15, -0.1) is 0 Å². The number of amides is 1. The summed E-state index contributed by atoms with van der Waals surface area (Å²) in [6, 6.07) is 9.14. The number of hydrogen-bond donors (Lipinski definition) is 2. The molecule has 1 saturated heterocycles. The van der Waals surface area contributed by atoms with Gasteiger partial charge in [0.2, 0.25) is 0 Å². The van der Waals surface area contributed by atoms with E-state index < -0.39 is 6.09 Å². The third kappa shape index (κ3) is 4.05. The van der Waals surface area contributed by atoms with Gasteiger partial charge < -0.3 is 20.1 Å². The molecule has 2 N–H and O–H groups in total. The number of para-hydroxylation sites is 1. The van der Waals surface area contributed by atoms with Crippen molar-refractivity contribution in [3.05, 3.63) is 30.3 Å². The molecule has 1 fully saturated rings. The van der Waals surface area contributed by atoms with Gasteiger partial charge in [0.1, 0.15) is 5.75 Å². The Labute approximate surface area is 100 Å². The number of ether oxygens (including phenoxy) is 2. The molecule has 0 spiro atoms. The van der Waals surface area contributed by atoms with Crippen LogP contribution in [0.1, 0.15) is 0 Å². The van der Waals surface area contributed by atoms with E-state index in [1.807, 2.05) is 18.2 Å². The first-order chi connectivity index (χ1) is 8.34. The number of benzene rings is 1. The van der Waals surface area contributed by atoms with Crippen LogP contribution in [-0.4, -0.2) is 38.4 Å². The van der Waals surface area contributed by atoms with E-state index in [1.165, 1.54) is 0 Å². The Kier molecular flexibility index (Phi) is 4.35. The van der Waals surface area contributed by atoms with Gasteiger partial charge in [-0.25, -0.2) is 4.79 Å². The first-order valence-corrected chi connectivity index (χ1v) is 5.66. The molecule has 0 aliphatic carbocycles. The fourth-order valence-corrected chi connectivity index (χ4v) is 1.59. The van der Waals surface area contributed by atoms with Gasteiger partial charge in [-0.3, -0.25) is 0 Å². The fourth-order valence-electron chi connectivity index (χ4n) is 1.59. The summed E-state index contributed by atoms with van der Waals surface area (Å²) in [6.45, 7) is 2.67. The highest BCUT2D eigenvalue weighted by Gasteiger charge is 2.14. The number of hydrogen-bond acceptors (Lipinski definition) is 4. The van der Waals surface area contributed by atoms with Crippen LogP contribution in [0, 0.1) is 0 Å². The van der Waals surface area contributed by atoms with Crippen molar-refractivity contribution in [3.63, 3.8) is 0 Å². The molecule has 1 atom stereocenters. The number of morpholine rings is 1. The maximum absolute atomic E-state index is 11.5. The molecule has 1 heterocycles. The van der Waals surface area contributed by atoms with Crippen LogP contribution in [-0.2, 0) is 4.74 Å². The fraction of sp³-hybridized carbons (Fsp3) is 0.417. The molecule has 0 bridgehead atoms. The summed E-state index contributed by atoms with van der Waals surface area (Å²) in [6.07, 6.45) is -0.441. The van der Waals surface area contributed by atoms with Crippen LogP contribution in [0.5, 0.6) is 5.75 Å². The molecule has 92 valence electrons. The van der Waals surface area contributed by atoms with Crippen molar-refractivity contribution in [1.29, 1.82) is 0 Å². The third-order valence-electron chi connectivity index (χ3n) is 2.45. The van der Waals surface area contributed by atoms with Crippen molar-refractivity contribution in [2.24, 2.45) is 0 Å². The summed E-state index contributed by atoms with van der Waals surface area (Å²) in [5.41, 5.74) is 0. The maximum Gasteiger partial charge on any atom is 0.412 e. The average molecular weight is 236 g/mol. The summed E-state index contributed by atoms with van der Waals surface area (Å²) in [5, 5.41) is 5.94. The Morgan fingerprint density at radius 2 is 2.29 bits per heavy atom. The molecule has 1 amide bonds. The number of carbonyl (C=O) groups excluding carboxylic acids is 1. The van der Waals surface area contributed by atoms with Crippen molar-refractivity contribution in [1.82, 2.24) is 10.6 Å². The lowest BCUT2D eigenvalue weighted by atomic mass is 10.3. The third-order valence-corrected chi connectivity index (χ3v) is 2.45. The second-order valence-corrected chi connectivity index (χ2v) is 3.81. The molecule has 1 aromatic carbocycles. The van der Waals surface area contributed by atoms with Crippen molar-refractivity contribution < 1.29 is 14.3 Å². The molecule has 2 rings (SSSR count). The minimum Gasteiger partial charge on any atom is -0.410 e. The van der Waals surface area contributed by atoms with E-state index in [1.54, 1.807) is 12.1 Å². The molecule has 0 radical (unpaired) electrons. The SMILES string of the molecule is O=C(NCC1COCCN1)Oc1ccccc1. The highest BCUT2D eigenvalue weighted by molar-refractivity contribution is 5.70. The Hall–Kier alpha value is -1.59. The lowest BCUT2D eigenvalue weighted by molar-refractivity contribution is 0.0767. The molecule has 0 saturated carbocycles. The first-order valence-electron chi connectivity index (χ1n) is 5.66. The second kappa shape index (κ2) is 6.22. The van der Waals surface area contributed by atoms with Crippen LogP contribution in [0.4, 0.5) is 4.79 Å². The van der Waals surface area contributed by atoms with E-state index >= 15 is 0 Å². The monoisotopic (exact) mass is 236 g/mol. The Morgan fingerprint density at radius 1 is 1.47 bits per heavy atom. The van der Waals surface area contributed by atoms with Gasteiger partial charge in [0.25, 0.3) is 0 Å². The van der Waals surface area contributed by atoms with Crippen molar-refractivity contribution >= 4 is 6.09 Å². The van der Waals surface area contributed by atoms with Crippen LogP contribution < -0.4 is 15.4 Å². The van der Waals surface area contributed by atoms with E-state index in [9.17, 15) is 4.79 Å². The molecule has 17 heavy (non-hydrogen) atoms. The summed E-state index contributed by atoms with van der Waals surface area (Å²) < 4.78 is 10.4. The van der Waals surface area contributed by atoms with E-state index in [-0.39, 0.29) is 6.04 Å². The summed E-state index contributed by atoms with van der Waals surface area (Å²) in [5.74, 6) is 0.540. The second-order valence-electron chi connectivity index (χ2n) is 3.81. The zero-order valence-electron chi connectivity index (χ0n) is 9.52. The molecule has 5 nitrogen and oxygen atoms in total. The molecule has 5 heteroatoms. The Bertz CT molecular complexity index is 350. The highest BCUT2D eigenvalue weighted by Crippen LogP contribution is 2.07. The van der Waals surface area contributed by atoms with Crippen LogP contribution in [0.15, 0.2) is 30.3 Å².